The number of hydrogen-bond acceptors (Lipinski definition) is 4. The van der Waals surface area contributed by atoms with E-state index in [1.807, 2.05) is 13.0 Å². The first-order valence-electron chi connectivity index (χ1n) is 7.27. The summed E-state index contributed by atoms with van der Waals surface area (Å²) in [6.45, 7) is 8.34. The van der Waals surface area contributed by atoms with Crippen molar-refractivity contribution in [3.8, 4) is 0 Å². The van der Waals surface area contributed by atoms with Gasteiger partial charge in [0, 0.05) is 17.0 Å². The molecule has 0 unspecified atom stereocenters. The van der Waals surface area contributed by atoms with Gasteiger partial charge in [-0.2, -0.15) is 0 Å². The third-order valence-corrected chi connectivity index (χ3v) is 7.07. The topological polar surface area (TPSA) is 49.4 Å². The SMILES string of the molecule is CCc1ccc(S(=O)(=O)NC2CCN(C(C)C)CC2)s1. The molecule has 0 atom stereocenters. The van der Waals surface area contributed by atoms with Gasteiger partial charge in [-0.15, -0.1) is 11.3 Å². The summed E-state index contributed by atoms with van der Waals surface area (Å²) >= 11 is 1.37. The third-order valence-electron chi connectivity index (χ3n) is 3.83. The average molecular weight is 316 g/mol. The summed E-state index contributed by atoms with van der Waals surface area (Å²) in [4.78, 5) is 3.51. The van der Waals surface area contributed by atoms with Gasteiger partial charge in [0.15, 0.2) is 0 Å². The van der Waals surface area contributed by atoms with Crippen LogP contribution in [0.3, 0.4) is 0 Å². The van der Waals surface area contributed by atoms with Crippen molar-refractivity contribution < 1.29 is 8.42 Å². The van der Waals surface area contributed by atoms with Crippen molar-refractivity contribution in [2.24, 2.45) is 0 Å². The molecule has 1 saturated heterocycles. The first kappa shape index (κ1) is 15.9. The number of aryl methyl sites for hydroxylation is 1. The first-order valence-corrected chi connectivity index (χ1v) is 9.57. The molecule has 20 heavy (non-hydrogen) atoms. The van der Waals surface area contributed by atoms with E-state index in [-0.39, 0.29) is 6.04 Å². The van der Waals surface area contributed by atoms with E-state index in [0.717, 1.165) is 37.2 Å². The molecular formula is C14H24N2O2S2. The van der Waals surface area contributed by atoms with Gasteiger partial charge in [-0.25, -0.2) is 13.1 Å². The number of likely N-dealkylation sites (tertiary alicyclic amines) is 1. The largest absolute Gasteiger partial charge is 0.301 e. The Morgan fingerprint density at radius 2 is 2.00 bits per heavy atom. The first-order chi connectivity index (χ1) is 9.42. The minimum Gasteiger partial charge on any atom is -0.301 e. The molecule has 114 valence electrons. The molecule has 0 aliphatic carbocycles. The lowest BCUT2D eigenvalue weighted by molar-refractivity contribution is 0.168. The molecule has 4 nitrogen and oxygen atoms in total. The Kier molecular flexibility index (Phi) is 5.23. The van der Waals surface area contributed by atoms with Crippen LogP contribution in [-0.2, 0) is 16.4 Å². The van der Waals surface area contributed by atoms with Crippen LogP contribution in [0, 0.1) is 0 Å². The summed E-state index contributed by atoms with van der Waals surface area (Å²) in [6, 6.07) is 4.23. The molecule has 0 amide bonds. The number of nitrogens with one attached hydrogen (secondary N) is 1. The molecule has 0 aromatic carbocycles. The highest BCUT2D eigenvalue weighted by molar-refractivity contribution is 7.91. The number of rotatable bonds is 5. The Balaban J connectivity index is 1.96. The third kappa shape index (κ3) is 3.81. The molecular weight excluding hydrogens is 292 g/mol. The van der Waals surface area contributed by atoms with Crippen LogP contribution in [0.1, 0.15) is 38.5 Å². The zero-order valence-electron chi connectivity index (χ0n) is 12.4. The highest BCUT2D eigenvalue weighted by Gasteiger charge is 2.26. The van der Waals surface area contributed by atoms with E-state index in [0.29, 0.717) is 10.3 Å². The zero-order chi connectivity index (χ0) is 14.8. The zero-order valence-corrected chi connectivity index (χ0v) is 14.1. The molecule has 2 rings (SSSR count). The number of hydrogen-bond donors (Lipinski definition) is 1. The van der Waals surface area contributed by atoms with Gasteiger partial charge in [0.1, 0.15) is 4.21 Å². The van der Waals surface area contributed by atoms with E-state index in [4.69, 9.17) is 0 Å². The minimum atomic E-state index is -3.34. The van der Waals surface area contributed by atoms with Gasteiger partial charge >= 0.3 is 0 Å². The van der Waals surface area contributed by atoms with Crippen molar-refractivity contribution in [2.75, 3.05) is 13.1 Å². The van der Waals surface area contributed by atoms with Crippen LogP contribution in [0.15, 0.2) is 16.3 Å². The molecule has 1 aliphatic rings. The second kappa shape index (κ2) is 6.56. The number of thiophene rings is 1. The highest BCUT2D eigenvalue weighted by Crippen LogP contribution is 2.23. The maximum absolute atomic E-state index is 12.3. The number of nitrogens with zero attached hydrogens (tertiary/aromatic N) is 1. The van der Waals surface area contributed by atoms with Gasteiger partial charge in [0.05, 0.1) is 0 Å². The summed E-state index contributed by atoms with van der Waals surface area (Å²) in [5, 5.41) is 0. The van der Waals surface area contributed by atoms with Gasteiger partial charge in [-0.05, 0) is 58.3 Å². The van der Waals surface area contributed by atoms with Gasteiger partial charge in [-0.3, -0.25) is 0 Å². The maximum Gasteiger partial charge on any atom is 0.250 e. The van der Waals surface area contributed by atoms with E-state index in [2.05, 4.69) is 23.5 Å². The molecule has 0 saturated carbocycles. The Morgan fingerprint density at radius 3 is 2.50 bits per heavy atom. The van der Waals surface area contributed by atoms with E-state index in [9.17, 15) is 8.42 Å². The smallest absolute Gasteiger partial charge is 0.250 e. The van der Waals surface area contributed by atoms with Crippen molar-refractivity contribution in [1.82, 2.24) is 9.62 Å². The summed E-state index contributed by atoms with van der Waals surface area (Å²) in [5.41, 5.74) is 0. The summed E-state index contributed by atoms with van der Waals surface area (Å²) in [5.74, 6) is 0. The molecule has 1 N–H and O–H groups in total. The van der Waals surface area contributed by atoms with Crippen molar-refractivity contribution in [2.45, 2.75) is 56.3 Å². The molecule has 1 fully saturated rings. The monoisotopic (exact) mass is 316 g/mol. The number of sulfonamides is 1. The van der Waals surface area contributed by atoms with Gasteiger partial charge < -0.3 is 4.90 Å². The van der Waals surface area contributed by atoms with E-state index >= 15 is 0 Å². The van der Waals surface area contributed by atoms with Gasteiger partial charge in [0.25, 0.3) is 0 Å². The fraction of sp³-hybridized carbons (Fsp3) is 0.714. The van der Waals surface area contributed by atoms with E-state index in [1.165, 1.54) is 11.3 Å². The quantitative estimate of drug-likeness (QED) is 0.908. The summed E-state index contributed by atoms with van der Waals surface area (Å²) in [7, 11) is -3.34. The van der Waals surface area contributed by atoms with Crippen LogP contribution in [0.2, 0.25) is 0 Å². The van der Waals surface area contributed by atoms with Gasteiger partial charge in [0.2, 0.25) is 10.0 Å². The molecule has 1 aromatic rings. The second-order valence-corrected chi connectivity index (χ2v) is 8.71. The van der Waals surface area contributed by atoms with Crippen LogP contribution in [0.4, 0.5) is 0 Å². The summed E-state index contributed by atoms with van der Waals surface area (Å²) in [6.07, 6.45) is 2.67. The van der Waals surface area contributed by atoms with Crippen LogP contribution < -0.4 is 4.72 Å². The second-order valence-electron chi connectivity index (χ2n) is 5.60. The summed E-state index contributed by atoms with van der Waals surface area (Å²) < 4.78 is 28.0. The molecule has 1 aromatic heterocycles. The van der Waals surface area contributed by atoms with Crippen LogP contribution in [-0.4, -0.2) is 38.5 Å². The van der Waals surface area contributed by atoms with Crippen molar-refractivity contribution in [3.05, 3.63) is 17.0 Å². The van der Waals surface area contributed by atoms with Crippen molar-refractivity contribution in [1.29, 1.82) is 0 Å². The predicted molar refractivity (Wildman–Crippen MR) is 83.7 cm³/mol. The van der Waals surface area contributed by atoms with Gasteiger partial charge in [-0.1, -0.05) is 6.92 Å². The Bertz CT molecular complexity index is 529. The Hall–Kier alpha value is -0.430. The van der Waals surface area contributed by atoms with Crippen LogP contribution in [0.25, 0.3) is 0 Å². The average Bonchev–Trinajstić information content (AvgIpc) is 2.88. The predicted octanol–water partition coefficient (Wildman–Crippen LogP) is 2.46. The fourth-order valence-corrected chi connectivity index (χ4v) is 5.12. The standard InChI is InChI=1S/C14H24N2O2S2/c1-4-13-5-6-14(19-13)20(17,18)15-12-7-9-16(10-8-12)11(2)3/h5-6,11-12,15H,4,7-10H2,1-3H3. The normalized spacial score (nSPS) is 18.8. The minimum absolute atomic E-state index is 0.0715. The number of piperidine rings is 1. The molecule has 0 spiro atoms. The van der Waals surface area contributed by atoms with E-state index < -0.39 is 10.0 Å². The van der Waals surface area contributed by atoms with Crippen LogP contribution in [0.5, 0.6) is 0 Å². The van der Waals surface area contributed by atoms with Crippen LogP contribution >= 0.6 is 11.3 Å². The molecule has 0 bridgehead atoms. The Labute approximate surface area is 126 Å². The lowest BCUT2D eigenvalue weighted by atomic mass is 10.1. The molecule has 1 aliphatic heterocycles. The molecule has 0 radical (unpaired) electrons. The van der Waals surface area contributed by atoms with Crippen molar-refractivity contribution in [3.63, 3.8) is 0 Å². The molecule has 2 heterocycles. The van der Waals surface area contributed by atoms with Crippen molar-refractivity contribution >= 4 is 21.4 Å². The van der Waals surface area contributed by atoms with E-state index in [1.54, 1.807) is 6.07 Å². The highest BCUT2D eigenvalue weighted by atomic mass is 32.2. The Morgan fingerprint density at radius 1 is 1.35 bits per heavy atom. The lowest BCUT2D eigenvalue weighted by Gasteiger charge is -2.34. The lowest BCUT2D eigenvalue weighted by Crippen LogP contribution is -2.46. The fourth-order valence-electron chi connectivity index (χ4n) is 2.50. The molecule has 6 heteroatoms. The maximum atomic E-state index is 12.3.